The molecule has 0 fully saturated rings. The number of unbranched alkanes of at least 4 members (excludes halogenated alkanes) is 1. The van der Waals surface area contributed by atoms with E-state index in [2.05, 4.69) is 5.32 Å². The Morgan fingerprint density at radius 3 is 2.44 bits per heavy atom. The first kappa shape index (κ1) is 14.9. The lowest BCUT2D eigenvalue weighted by Gasteiger charge is -2.04. The number of carbonyl (C=O) groups excluding carboxylic acids is 1. The average Bonchev–Trinajstić information content (AvgIpc) is 2.15. The van der Waals surface area contributed by atoms with Crippen LogP contribution < -0.4 is 5.32 Å². The number of hydrogen-bond acceptors (Lipinski definition) is 4. The van der Waals surface area contributed by atoms with Gasteiger partial charge in [-0.1, -0.05) is 13.3 Å². The van der Waals surface area contributed by atoms with Crippen molar-refractivity contribution in [3.63, 3.8) is 0 Å². The lowest BCUT2D eigenvalue weighted by atomic mass is 10.3. The predicted octanol–water partition coefficient (Wildman–Crippen LogP) is -0.208. The molecule has 1 amide bonds. The first-order valence-corrected chi connectivity index (χ1v) is 6.88. The van der Waals surface area contributed by atoms with Gasteiger partial charge in [-0.15, -0.1) is 0 Å². The topological polar surface area (TPSA) is 101 Å². The van der Waals surface area contributed by atoms with Gasteiger partial charge in [0.05, 0.1) is 12.2 Å². The van der Waals surface area contributed by atoms with Crippen LogP contribution in [0.3, 0.4) is 0 Å². The van der Waals surface area contributed by atoms with Crippen LogP contribution in [0.15, 0.2) is 0 Å². The van der Waals surface area contributed by atoms with Crippen molar-refractivity contribution in [2.45, 2.75) is 26.2 Å². The van der Waals surface area contributed by atoms with Crippen LogP contribution in [0, 0.1) is 0 Å². The summed E-state index contributed by atoms with van der Waals surface area (Å²) in [6.07, 6.45) is 1.23. The van der Waals surface area contributed by atoms with Crippen LogP contribution in [0.2, 0.25) is 0 Å². The van der Waals surface area contributed by atoms with Crippen LogP contribution in [0.5, 0.6) is 0 Å². The molecular weight excluding hydrogens is 234 g/mol. The van der Waals surface area contributed by atoms with Crippen molar-refractivity contribution in [3.8, 4) is 0 Å². The van der Waals surface area contributed by atoms with E-state index in [-0.39, 0.29) is 0 Å². The van der Waals surface area contributed by atoms with Gasteiger partial charge in [-0.3, -0.25) is 9.59 Å². The van der Waals surface area contributed by atoms with Crippen molar-refractivity contribution in [2.24, 2.45) is 0 Å². The number of sulfone groups is 1. The lowest BCUT2D eigenvalue weighted by molar-refractivity contribution is -0.136. The van der Waals surface area contributed by atoms with Crippen molar-refractivity contribution in [1.82, 2.24) is 5.32 Å². The predicted molar refractivity (Wildman–Crippen MR) is 58.8 cm³/mol. The first-order valence-electron chi connectivity index (χ1n) is 5.06. The fourth-order valence-corrected chi connectivity index (χ4v) is 2.10. The molecule has 0 rings (SSSR count). The molecule has 0 spiro atoms. The molecule has 0 radical (unpaired) electrons. The minimum Gasteiger partial charge on any atom is -0.481 e. The van der Waals surface area contributed by atoms with Gasteiger partial charge in [-0.05, 0) is 6.42 Å². The van der Waals surface area contributed by atoms with Crippen molar-refractivity contribution in [3.05, 3.63) is 0 Å². The standard InChI is InChI=1S/C9H17NO5S/c1-2-3-5-10-8(11)7-16(14,15)6-4-9(12)13/h2-7H2,1H3,(H,10,11)(H,12,13). The summed E-state index contributed by atoms with van der Waals surface area (Å²) in [7, 11) is -3.61. The number of carboxylic acids is 1. The molecule has 0 heterocycles. The number of carboxylic acid groups (broad SMARTS) is 1. The molecule has 0 aliphatic carbocycles. The molecule has 16 heavy (non-hydrogen) atoms. The molecule has 0 aliphatic rings. The lowest BCUT2D eigenvalue weighted by Crippen LogP contribution is -2.32. The maximum absolute atomic E-state index is 11.3. The Balaban J connectivity index is 3.96. The van der Waals surface area contributed by atoms with Gasteiger partial charge in [0.2, 0.25) is 5.91 Å². The molecule has 0 aromatic rings. The Morgan fingerprint density at radius 1 is 1.31 bits per heavy atom. The van der Waals surface area contributed by atoms with Crippen molar-refractivity contribution < 1.29 is 23.1 Å². The van der Waals surface area contributed by atoms with E-state index in [0.717, 1.165) is 12.8 Å². The zero-order valence-corrected chi connectivity index (χ0v) is 10.0. The maximum Gasteiger partial charge on any atom is 0.304 e. The Kier molecular flexibility index (Phi) is 6.71. The van der Waals surface area contributed by atoms with E-state index in [1.807, 2.05) is 6.92 Å². The van der Waals surface area contributed by atoms with Crippen LogP contribution in [-0.4, -0.2) is 43.5 Å². The zero-order chi connectivity index (χ0) is 12.6. The van der Waals surface area contributed by atoms with Crippen molar-refractivity contribution >= 4 is 21.7 Å². The monoisotopic (exact) mass is 251 g/mol. The van der Waals surface area contributed by atoms with E-state index in [9.17, 15) is 18.0 Å². The van der Waals surface area contributed by atoms with E-state index in [4.69, 9.17) is 5.11 Å². The van der Waals surface area contributed by atoms with Gasteiger partial charge in [-0.25, -0.2) is 8.42 Å². The summed E-state index contributed by atoms with van der Waals surface area (Å²) in [5.74, 6) is -2.89. The number of rotatable bonds is 8. The van der Waals surface area contributed by atoms with Crippen LogP contribution >= 0.6 is 0 Å². The highest BCUT2D eigenvalue weighted by Gasteiger charge is 2.17. The Labute approximate surface area is 95.0 Å². The number of nitrogens with one attached hydrogen (secondary N) is 1. The second kappa shape index (κ2) is 7.21. The van der Waals surface area contributed by atoms with E-state index in [0.29, 0.717) is 6.54 Å². The Morgan fingerprint density at radius 2 is 1.94 bits per heavy atom. The summed E-state index contributed by atoms with van der Waals surface area (Å²) in [6, 6.07) is 0. The number of aliphatic carboxylic acids is 1. The van der Waals surface area contributed by atoms with Gasteiger partial charge in [-0.2, -0.15) is 0 Å². The molecule has 0 aliphatic heterocycles. The smallest absolute Gasteiger partial charge is 0.304 e. The van der Waals surface area contributed by atoms with E-state index < -0.39 is 39.6 Å². The summed E-state index contributed by atoms with van der Waals surface area (Å²) in [5, 5.41) is 10.8. The molecule has 0 aromatic carbocycles. The second-order valence-electron chi connectivity index (χ2n) is 3.44. The van der Waals surface area contributed by atoms with Crippen molar-refractivity contribution in [2.75, 3.05) is 18.1 Å². The normalized spacial score (nSPS) is 11.1. The van der Waals surface area contributed by atoms with Crippen molar-refractivity contribution in [1.29, 1.82) is 0 Å². The first-order chi connectivity index (χ1) is 7.37. The average molecular weight is 251 g/mol. The van der Waals surface area contributed by atoms with Gasteiger partial charge >= 0.3 is 5.97 Å². The summed E-state index contributed by atoms with van der Waals surface area (Å²) in [5.41, 5.74) is 0. The summed E-state index contributed by atoms with van der Waals surface area (Å²) in [4.78, 5) is 21.3. The summed E-state index contributed by atoms with van der Waals surface area (Å²) >= 11 is 0. The summed E-state index contributed by atoms with van der Waals surface area (Å²) in [6.45, 7) is 2.40. The van der Waals surface area contributed by atoms with Gasteiger partial charge in [0.25, 0.3) is 0 Å². The molecule has 0 bridgehead atoms. The highest BCUT2D eigenvalue weighted by molar-refractivity contribution is 7.92. The fraction of sp³-hybridized carbons (Fsp3) is 0.778. The summed E-state index contributed by atoms with van der Waals surface area (Å²) < 4.78 is 22.5. The van der Waals surface area contributed by atoms with Gasteiger partial charge in [0.1, 0.15) is 5.75 Å². The molecule has 6 nitrogen and oxygen atoms in total. The maximum atomic E-state index is 11.3. The van der Waals surface area contributed by atoms with Gasteiger partial charge in [0.15, 0.2) is 9.84 Å². The van der Waals surface area contributed by atoms with Crippen LogP contribution in [0.25, 0.3) is 0 Å². The molecule has 0 saturated carbocycles. The largest absolute Gasteiger partial charge is 0.481 e. The number of carbonyl (C=O) groups is 2. The zero-order valence-electron chi connectivity index (χ0n) is 9.23. The molecule has 94 valence electrons. The molecule has 7 heteroatoms. The number of amides is 1. The highest BCUT2D eigenvalue weighted by Crippen LogP contribution is 1.94. The van der Waals surface area contributed by atoms with E-state index in [1.165, 1.54) is 0 Å². The van der Waals surface area contributed by atoms with Gasteiger partial charge < -0.3 is 10.4 Å². The third-order valence-corrected chi connectivity index (χ3v) is 3.36. The molecule has 0 unspecified atom stereocenters. The minimum atomic E-state index is -3.61. The quantitative estimate of drug-likeness (QED) is 0.581. The van der Waals surface area contributed by atoms with Crippen LogP contribution in [0.1, 0.15) is 26.2 Å². The molecule has 2 N–H and O–H groups in total. The van der Waals surface area contributed by atoms with Crippen LogP contribution in [-0.2, 0) is 19.4 Å². The van der Waals surface area contributed by atoms with Crippen LogP contribution in [0.4, 0.5) is 0 Å². The fourth-order valence-electron chi connectivity index (χ4n) is 0.970. The molecule has 0 atom stereocenters. The molecular formula is C9H17NO5S. The van der Waals surface area contributed by atoms with E-state index in [1.54, 1.807) is 0 Å². The SMILES string of the molecule is CCCCNC(=O)CS(=O)(=O)CCC(=O)O. The highest BCUT2D eigenvalue weighted by atomic mass is 32.2. The Hall–Kier alpha value is -1.11. The number of hydrogen-bond donors (Lipinski definition) is 2. The molecule has 0 saturated heterocycles. The second-order valence-corrected chi connectivity index (χ2v) is 5.62. The van der Waals surface area contributed by atoms with E-state index >= 15 is 0 Å². The third-order valence-electron chi connectivity index (χ3n) is 1.83. The molecule has 0 aromatic heterocycles. The third kappa shape index (κ3) is 8.22. The minimum absolute atomic E-state index is 0.448. The van der Waals surface area contributed by atoms with Gasteiger partial charge in [0, 0.05) is 6.54 Å². The Bertz CT molecular complexity index is 336.